The fourth-order valence-electron chi connectivity index (χ4n) is 1.76. The highest BCUT2D eigenvalue weighted by Crippen LogP contribution is 2.31. The van der Waals surface area contributed by atoms with Crippen LogP contribution in [0.2, 0.25) is 5.02 Å². The number of nitrogens with zero attached hydrogens (tertiary/aromatic N) is 1. The van der Waals surface area contributed by atoms with Crippen LogP contribution >= 0.6 is 11.6 Å². The smallest absolute Gasteiger partial charge is 0.251 e. The minimum absolute atomic E-state index is 0.0699. The van der Waals surface area contributed by atoms with E-state index in [1.54, 1.807) is 6.07 Å². The van der Waals surface area contributed by atoms with Crippen LogP contribution in [0, 0.1) is 0 Å². The molecule has 0 N–H and O–H groups in total. The van der Waals surface area contributed by atoms with Gasteiger partial charge in [-0.25, -0.2) is 8.78 Å². The second-order valence-corrected chi connectivity index (χ2v) is 4.26. The SMILES string of the molecule is FC1(F)CCN(c2cccc(Cl)c2)CC1. The summed E-state index contributed by atoms with van der Waals surface area (Å²) >= 11 is 5.85. The summed E-state index contributed by atoms with van der Waals surface area (Å²) in [7, 11) is 0. The second kappa shape index (κ2) is 3.97. The van der Waals surface area contributed by atoms with Crippen molar-refractivity contribution >= 4 is 17.3 Å². The highest BCUT2D eigenvalue weighted by atomic mass is 35.5. The summed E-state index contributed by atoms with van der Waals surface area (Å²) in [5, 5.41) is 0.643. The number of piperidine rings is 1. The first-order valence-electron chi connectivity index (χ1n) is 4.95. The molecule has 1 aliphatic rings. The van der Waals surface area contributed by atoms with Crippen LogP contribution in [0.15, 0.2) is 24.3 Å². The van der Waals surface area contributed by atoms with Crippen molar-refractivity contribution in [3.8, 4) is 0 Å². The average molecular weight is 232 g/mol. The Labute approximate surface area is 92.6 Å². The largest absolute Gasteiger partial charge is 0.371 e. The molecule has 1 saturated heterocycles. The minimum Gasteiger partial charge on any atom is -0.371 e. The monoisotopic (exact) mass is 231 g/mol. The maximum absolute atomic E-state index is 12.9. The van der Waals surface area contributed by atoms with E-state index in [1.165, 1.54) is 0 Å². The van der Waals surface area contributed by atoms with Gasteiger partial charge in [0.25, 0.3) is 5.92 Å². The van der Waals surface area contributed by atoms with Crippen LogP contribution in [0.25, 0.3) is 0 Å². The van der Waals surface area contributed by atoms with Gasteiger partial charge in [0.1, 0.15) is 0 Å². The van der Waals surface area contributed by atoms with Crippen molar-refractivity contribution in [1.29, 1.82) is 0 Å². The molecule has 1 aliphatic heterocycles. The number of hydrogen-bond donors (Lipinski definition) is 0. The lowest BCUT2D eigenvalue weighted by Crippen LogP contribution is -2.39. The topological polar surface area (TPSA) is 3.24 Å². The molecule has 1 fully saturated rings. The van der Waals surface area contributed by atoms with Gasteiger partial charge in [-0.2, -0.15) is 0 Å². The number of benzene rings is 1. The van der Waals surface area contributed by atoms with Crippen LogP contribution in [-0.2, 0) is 0 Å². The van der Waals surface area contributed by atoms with E-state index in [-0.39, 0.29) is 12.8 Å². The Balaban J connectivity index is 2.08. The molecule has 1 nitrogen and oxygen atoms in total. The maximum Gasteiger partial charge on any atom is 0.251 e. The van der Waals surface area contributed by atoms with Crippen molar-refractivity contribution < 1.29 is 8.78 Å². The molecule has 1 heterocycles. The minimum atomic E-state index is -2.49. The standard InChI is InChI=1S/C11H12ClF2N/c12-9-2-1-3-10(8-9)15-6-4-11(13,14)5-7-15/h1-3,8H,4-7H2. The van der Waals surface area contributed by atoms with E-state index in [0.717, 1.165) is 5.69 Å². The van der Waals surface area contributed by atoms with Crippen molar-refractivity contribution in [2.24, 2.45) is 0 Å². The number of rotatable bonds is 1. The Morgan fingerprint density at radius 3 is 2.47 bits per heavy atom. The Hall–Kier alpha value is -0.830. The molecule has 0 atom stereocenters. The summed E-state index contributed by atoms with van der Waals surface area (Å²) in [6.45, 7) is 0.792. The molecular weight excluding hydrogens is 220 g/mol. The predicted octanol–water partition coefficient (Wildman–Crippen LogP) is 3.58. The van der Waals surface area contributed by atoms with E-state index < -0.39 is 5.92 Å². The van der Waals surface area contributed by atoms with Gasteiger partial charge in [0, 0.05) is 36.6 Å². The Morgan fingerprint density at radius 2 is 1.87 bits per heavy atom. The van der Waals surface area contributed by atoms with E-state index in [9.17, 15) is 8.78 Å². The summed E-state index contributed by atoms with van der Waals surface area (Å²) in [6, 6.07) is 7.33. The normalized spacial score (nSPS) is 20.3. The van der Waals surface area contributed by atoms with Crippen molar-refractivity contribution in [3.63, 3.8) is 0 Å². The molecule has 0 radical (unpaired) electrons. The van der Waals surface area contributed by atoms with Gasteiger partial charge in [-0.3, -0.25) is 0 Å². The van der Waals surface area contributed by atoms with Crippen molar-refractivity contribution in [3.05, 3.63) is 29.3 Å². The van der Waals surface area contributed by atoms with E-state index in [2.05, 4.69) is 0 Å². The van der Waals surface area contributed by atoms with Gasteiger partial charge in [-0.1, -0.05) is 17.7 Å². The van der Waals surface area contributed by atoms with Crippen LogP contribution < -0.4 is 4.90 Å². The van der Waals surface area contributed by atoms with Crippen LogP contribution in [-0.4, -0.2) is 19.0 Å². The number of anilines is 1. The molecule has 0 amide bonds. The van der Waals surface area contributed by atoms with Gasteiger partial charge < -0.3 is 4.90 Å². The van der Waals surface area contributed by atoms with Gasteiger partial charge in [0.2, 0.25) is 0 Å². The molecule has 0 aliphatic carbocycles. The molecule has 0 spiro atoms. The predicted molar refractivity (Wildman–Crippen MR) is 57.8 cm³/mol. The van der Waals surface area contributed by atoms with E-state index in [4.69, 9.17) is 11.6 Å². The number of alkyl halides is 2. The Bertz CT molecular complexity index is 344. The summed E-state index contributed by atoms with van der Waals surface area (Å²) in [5.41, 5.74) is 0.929. The third-order valence-electron chi connectivity index (χ3n) is 2.67. The molecule has 1 aromatic carbocycles. The van der Waals surface area contributed by atoms with Crippen LogP contribution in [0.5, 0.6) is 0 Å². The molecule has 15 heavy (non-hydrogen) atoms. The molecule has 0 saturated carbocycles. The maximum atomic E-state index is 12.9. The van der Waals surface area contributed by atoms with Crippen LogP contribution in [0.1, 0.15) is 12.8 Å². The quantitative estimate of drug-likeness (QED) is 0.714. The Morgan fingerprint density at radius 1 is 1.20 bits per heavy atom. The molecule has 4 heteroatoms. The lowest BCUT2D eigenvalue weighted by molar-refractivity contribution is -0.0220. The fraction of sp³-hybridized carbons (Fsp3) is 0.455. The van der Waals surface area contributed by atoms with Gasteiger partial charge >= 0.3 is 0 Å². The third-order valence-corrected chi connectivity index (χ3v) is 2.90. The summed E-state index contributed by atoms with van der Waals surface area (Å²) < 4.78 is 25.8. The van der Waals surface area contributed by atoms with Crippen LogP contribution in [0.4, 0.5) is 14.5 Å². The molecule has 0 unspecified atom stereocenters. The van der Waals surface area contributed by atoms with Gasteiger partial charge in [-0.15, -0.1) is 0 Å². The number of hydrogen-bond acceptors (Lipinski definition) is 1. The van der Waals surface area contributed by atoms with Crippen molar-refractivity contribution in [1.82, 2.24) is 0 Å². The highest BCUT2D eigenvalue weighted by Gasteiger charge is 2.33. The fourth-order valence-corrected chi connectivity index (χ4v) is 1.95. The zero-order valence-electron chi connectivity index (χ0n) is 8.22. The molecule has 0 bridgehead atoms. The first-order valence-corrected chi connectivity index (χ1v) is 5.33. The first kappa shape index (κ1) is 10.7. The van der Waals surface area contributed by atoms with Crippen LogP contribution in [0.3, 0.4) is 0 Å². The summed E-state index contributed by atoms with van der Waals surface area (Å²) in [4.78, 5) is 1.95. The first-order chi connectivity index (χ1) is 7.07. The van der Waals surface area contributed by atoms with E-state index in [1.807, 2.05) is 23.1 Å². The lowest BCUT2D eigenvalue weighted by atomic mass is 10.1. The number of halogens is 3. The zero-order valence-corrected chi connectivity index (χ0v) is 8.97. The lowest BCUT2D eigenvalue weighted by Gasteiger charge is -2.33. The van der Waals surface area contributed by atoms with Crippen molar-refractivity contribution in [2.45, 2.75) is 18.8 Å². The van der Waals surface area contributed by atoms with E-state index >= 15 is 0 Å². The van der Waals surface area contributed by atoms with Crippen molar-refractivity contribution in [2.75, 3.05) is 18.0 Å². The summed E-state index contributed by atoms with van der Waals surface area (Å²) in [6.07, 6.45) is -0.140. The second-order valence-electron chi connectivity index (χ2n) is 3.82. The molecule has 82 valence electrons. The molecule has 1 aromatic rings. The van der Waals surface area contributed by atoms with Gasteiger partial charge in [0.15, 0.2) is 0 Å². The molecular formula is C11H12ClF2N. The molecule has 0 aromatic heterocycles. The summed E-state index contributed by atoms with van der Waals surface area (Å²) in [5.74, 6) is -2.49. The average Bonchev–Trinajstić information content (AvgIpc) is 2.17. The molecule has 2 rings (SSSR count). The Kier molecular flexibility index (Phi) is 2.83. The van der Waals surface area contributed by atoms with Gasteiger partial charge in [-0.05, 0) is 18.2 Å². The zero-order chi connectivity index (χ0) is 10.9. The highest BCUT2D eigenvalue weighted by molar-refractivity contribution is 6.30. The van der Waals surface area contributed by atoms with E-state index in [0.29, 0.717) is 18.1 Å². The third kappa shape index (κ3) is 2.59. The van der Waals surface area contributed by atoms with Gasteiger partial charge in [0.05, 0.1) is 0 Å².